The first kappa shape index (κ1) is 30.3. The van der Waals surface area contributed by atoms with Crippen molar-refractivity contribution < 1.29 is 64.2 Å². The minimum Gasteiger partial charge on any atom is -0.469 e. The number of aliphatic hydroxyl groups excluding tert-OH is 7. The van der Waals surface area contributed by atoms with Crippen molar-refractivity contribution in [3.8, 4) is 0 Å². The van der Waals surface area contributed by atoms with Crippen LogP contribution in [0.3, 0.4) is 0 Å². The van der Waals surface area contributed by atoms with Gasteiger partial charge in [0.05, 0.1) is 20.3 Å². The summed E-state index contributed by atoms with van der Waals surface area (Å²) in [4.78, 5) is 11.1. The molecule has 13 nitrogen and oxygen atoms in total. The highest BCUT2D eigenvalue weighted by Crippen LogP contribution is 2.29. The van der Waals surface area contributed by atoms with Crippen molar-refractivity contribution >= 4 is 5.97 Å². The fraction of sp³-hybridized carbons (Fsp3) is 0.955. The van der Waals surface area contributed by atoms with E-state index in [1.165, 1.54) is 7.11 Å². The molecule has 0 aromatic heterocycles. The Labute approximate surface area is 204 Å². The standard InChI is InChI=1S/C22H40O13/c1-31-14(25)8-6-4-2-3-5-7-9-32-22-20(18(29)16(27)13(11-24)34-22)35-21-19(30)17(28)15(26)12(10-23)33-21/h12-13,15-24,26-30H,2-11H2,1H3/t12-,13-,15-,16-,17+,18+,19+,20+,21+,22+/m1/s1. The van der Waals surface area contributed by atoms with Crippen LogP contribution in [0.25, 0.3) is 0 Å². The zero-order chi connectivity index (χ0) is 26.0. The van der Waals surface area contributed by atoms with Crippen LogP contribution in [-0.2, 0) is 28.5 Å². The van der Waals surface area contributed by atoms with Gasteiger partial charge in [-0.1, -0.05) is 25.7 Å². The Morgan fingerprint density at radius 1 is 0.714 bits per heavy atom. The summed E-state index contributed by atoms with van der Waals surface area (Å²) in [7, 11) is 1.36. The highest BCUT2D eigenvalue weighted by atomic mass is 16.8. The van der Waals surface area contributed by atoms with Crippen molar-refractivity contribution in [1.29, 1.82) is 0 Å². The number of hydrogen-bond donors (Lipinski definition) is 7. The molecule has 2 fully saturated rings. The van der Waals surface area contributed by atoms with E-state index in [1.807, 2.05) is 0 Å². The maximum absolute atomic E-state index is 11.1. The number of unbranched alkanes of at least 4 members (excludes halogenated alkanes) is 5. The van der Waals surface area contributed by atoms with E-state index in [0.29, 0.717) is 12.8 Å². The van der Waals surface area contributed by atoms with Gasteiger partial charge in [0.25, 0.3) is 0 Å². The van der Waals surface area contributed by atoms with E-state index < -0.39 is 74.6 Å². The predicted octanol–water partition coefficient (Wildman–Crippen LogP) is -2.47. The van der Waals surface area contributed by atoms with Gasteiger partial charge in [-0.15, -0.1) is 0 Å². The lowest BCUT2D eigenvalue weighted by atomic mass is 9.97. The molecule has 0 amide bonds. The zero-order valence-corrected chi connectivity index (χ0v) is 19.9. The lowest BCUT2D eigenvalue weighted by molar-refractivity contribution is -0.367. The fourth-order valence-corrected chi connectivity index (χ4v) is 4.05. The first-order valence-electron chi connectivity index (χ1n) is 12.0. The average Bonchev–Trinajstić information content (AvgIpc) is 2.86. The summed E-state index contributed by atoms with van der Waals surface area (Å²) in [6.07, 6.45) is -9.24. The summed E-state index contributed by atoms with van der Waals surface area (Å²) in [6.45, 7) is -1.04. The van der Waals surface area contributed by atoms with Crippen LogP contribution in [-0.4, -0.2) is 130 Å². The minimum atomic E-state index is -1.72. The Morgan fingerprint density at radius 2 is 1.26 bits per heavy atom. The molecule has 0 saturated carbocycles. The van der Waals surface area contributed by atoms with Gasteiger partial charge >= 0.3 is 5.97 Å². The lowest BCUT2D eigenvalue weighted by Gasteiger charge is -2.45. The van der Waals surface area contributed by atoms with Crippen LogP contribution in [0.15, 0.2) is 0 Å². The van der Waals surface area contributed by atoms with Crippen LogP contribution >= 0.6 is 0 Å². The number of hydrogen-bond acceptors (Lipinski definition) is 13. The van der Waals surface area contributed by atoms with Gasteiger partial charge in [0, 0.05) is 13.0 Å². The van der Waals surface area contributed by atoms with Crippen LogP contribution in [0.1, 0.15) is 44.9 Å². The third-order valence-corrected chi connectivity index (χ3v) is 6.25. The number of esters is 1. The molecular formula is C22H40O13. The molecule has 0 aromatic carbocycles. The number of carbonyl (C=O) groups excluding carboxylic acids is 1. The van der Waals surface area contributed by atoms with Crippen LogP contribution < -0.4 is 0 Å². The van der Waals surface area contributed by atoms with Crippen molar-refractivity contribution in [3.63, 3.8) is 0 Å². The molecule has 206 valence electrons. The van der Waals surface area contributed by atoms with Crippen LogP contribution in [0.5, 0.6) is 0 Å². The van der Waals surface area contributed by atoms with E-state index in [0.717, 1.165) is 32.1 Å². The first-order valence-corrected chi connectivity index (χ1v) is 12.0. The highest BCUT2D eigenvalue weighted by molar-refractivity contribution is 5.68. The molecule has 2 aliphatic rings. The quantitative estimate of drug-likeness (QED) is 0.0953. The van der Waals surface area contributed by atoms with E-state index >= 15 is 0 Å². The molecule has 35 heavy (non-hydrogen) atoms. The maximum atomic E-state index is 11.1. The number of aliphatic hydroxyl groups is 7. The molecule has 0 bridgehead atoms. The lowest BCUT2D eigenvalue weighted by Crippen LogP contribution is -2.64. The highest BCUT2D eigenvalue weighted by Gasteiger charge is 2.50. The van der Waals surface area contributed by atoms with Crippen molar-refractivity contribution in [2.24, 2.45) is 0 Å². The van der Waals surface area contributed by atoms with E-state index in [9.17, 15) is 40.5 Å². The van der Waals surface area contributed by atoms with E-state index in [-0.39, 0.29) is 12.6 Å². The Hall–Kier alpha value is -0.970. The molecule has 10 atom stereocenters. The summed E-state index contributed by atoms with van der Waals surface area (Å²) in [6, 6.07) is 0. The maximum Gasteiger partial charge on any atom is 0.305 e. The first-order chi connectivity index (χ1) is 16.7. The molecule has 2 saturated heterocycles. The molecule has 2 aliphatic heterocycles. The molecule has 7 N–H and O–H groups in total. The largest absolute Gasteiger partial charge is 0.469 e. The Morgan fingerprint density at radius 3 is 1.86 bits per heavy atom. The fourth-order valence-electron chi connectivity index (χ4n) is 4.05. The Kier molecular flexibility index (Phi) is 13.2. The van der Waals surface area contributed by atoms with Gasteiger partial charge in [-0.3, -0.25) is 4.79 Å². The summed E-state index contributed by atoms with van der Waals surface area (Å²) in [5.74, 6) is -0.222. The predicted molar refractivity (Wildman–Crippen MR) is 117 cm³/mol. The second-order valence-electron chi connectivity index (χ2n) is 8.82. The third kappa shape index (κ3) is 8.54. The van der Waals surface area contributed by atoms with Crippen LogP contribution in [0.4, 0.5) is 0 Å². The van der Waals surface area contributed by atoms with E-state index in [1.54, 1.807) is 0 Å². The van der Waals surface area contributed by atoms with Gasteiger partial charge in [-0.25, -0.2) is 0 Å². The summed E-state index contributed by atoms with van der Waals surface area (Å²) in [5, 5.41) is 69.8. The molecule has 13 heteroatoms. The molecule has 0 aromatic rings. The minimum absolute atomic E-state index is 0.211. The Balaban J connectivity index is 1.86. The molecule has 0 aliphatic carbocycles. The second kappa shape index (κ2) is 15.3. The number of rotatable bonds is 14. The van der Waals surface area contributed by atoms with E-state index in [4.69, 9.17) is 18.9 Å². The smallest absolute Gasteiger partial charge is 0.305 e. The second-order valence-corrected chi connectivity index (χ2v) is 8.82. The normalized spacial score (nSPS) is 37.8. The van der Waals surface area contributed by atoms with Crippen LogP contribution in [0, 0.1) is 0 Å². The third-order valence-electron chi connectivity index (χ3n) is 6.25. The molecule has 2 heterocycles. The molecule has 0 unspecified atom stereocenters. The average molecular weight is 513 g/mol. The van der Waals surface area contributed by atoms with Crippen molar-refractivity contribution in [2.75, 3.05) is 26.9 Å². The van der Waals surface area contributed by atoms with Gasteiger partial charge in [-0.2, -0.15) is 0 Å². The topological polar surface area (TPSA) is 205 Å². The van der Waals surface area contributed by atoms with E-state index in [2.05, 4.69) is 4.74 Å². The monoisotopic (exact) mass is 512 g/mol. The zero-order valence-electron chi connectivity index (χ0n) is 19.9. The number of ether oxygens (including phenoxy) is 5. The SMILES string of the molecule is COC(=O)CCCCCCCCO[C@H]1O[C@H](CO)[C@@H](O)[C@H](O)[C@@H]1O[C@@H]1O[C@H](CO)[C@@H](O)[C@H](O)[C@@H]1O. The molecule has 0 radical (unpaired) electrons. The van der Waals surface area contributed by atoms with Crippen LogP contribution in [0.2, 0.25) is 0 Å². The van der Waals surface area contributed by atoms with Crippen molar-refractivity contribution in [1.82, 2.24) is 0 Å². The number of carbonyl (C=O) groups is 1. The molecule has 0 spiro atoms. The summed E-state index contributed by atoms with van der Waals surface area (Å²) < 4.78 is 26.8. The van der Waals surface area contributed by atoms with Crippen molar-refractivity contribution in [3.05, 3.63) is 0 Å². The summed E-state index contributed by atoms with van der Waals surface area (Å²) in [5.41, 5.74) is 0. The van der Waals surface area contributed by atoms with Gasteiger partial charge in [0.15, 0.2) is 12.6 Å². The molecular weight excluding hydrogens is 472 g/mol. The molecule has 2 rings (SSSR count). The van der Waals surface area contributed by atoms with Gasteiger partial charge < -0.3 is 59.4 Å². The van der Waals surface area contributed by atoms with Gasteiger partial charge in [0.1, 0.15) is 48.8 Å². The summed E-state index contributed by atoms with van der Waals surface area (Å²) >= 11 is 0. The van der Waals surface area contributed by atoms with Gasteiger partial charge in [-0.05, 0) is 12.8 Å². The van der Waals surface area contributed by atoms with Crippen molar-refractivity contribution in [2.45, 2.75) is 106 Å². The van der Waals surface area contributed by atoms with Gasteiger partial charge in [0.2, 0.25) is 0 Å². The Bertz CT molecular complexity index is 606. The number of methoxy groups -OCH3 is 1.